The molecule has 0 amide bonds. The molecule has 0 aliphatic carbocycles. The fourth-order valence-corrected chi connectivity index (χ4v) is 5.62. The Labute approximate surface area is 91.7 Å². The number of aliphatic hydroxyl groups is 4. The van der Waals surface area contributed by atoms with Gasteiger partial charge in [0, 0.05) is 0 Å². The molecular weight excluding hydrogens is 227 g/mol. The van der Waals surface area contributed by atoms with Crippen LogP contribution in [-0.4, -0.2) is 43.8 Å². The Kier molecular flexibility index (Phi) is 7.53. The fraction of sp³-hybridized carbons (Fsp3) is 1.00. The van der Waals surface area contributed by atoms with Gasteiger partial charge in [0.2, 0.25) is 0 Å². The molecule has 4 atom stereocenters. The summed E-state index contributed by atoms with van der Waals surface area (Å²) < 4.78 is 0. The predicted molar refractivity (Wildman–Crippen MR) is 53.6 cm³/mol. The van der Waals surface area contributed by atoms with Crippen LogP contribution >= 0.6 is 7.26 Å². The van der Waals surface area contributed by atoms with Crippen molar-refractivity contribution in [3.63, 3.8) is 0 Å². The van der Waals surface area contributed by atoms with Gasteiger partial charge in [-0.2, -0.15) is 0 Å². The van der Waals surface area contributed by atoms with Crippen LogP contribution < -0.4 is 12.4 Å². The zero-order valence-corrected chi connectivity index (χ0v) is 10.6. The largest absolute Gasteiger partial charge is 1.00 e. The van der Waals surface area contributed by atoms with Crippen LogP contribution in [-0.2, 0) is 0 Å². The summed E-state index contributed by atoms with van der Waals surface area (Å²) in [7, 11) is -2.56. The third kappa shape index (κ3) is 2.78. The number of hydrogen-bond donors (Lipinski definition) is 4. The first-order valence-corrected chi connectivity index (χ1v) is 6.44. The van der Waals surface area contributed by atoms with Crippen molar-refractivity contribution in [3.8, 4) is 0 Å². The Bertz CT molecular complexity index is 124. The lowest BCUT2D eigenvalue weighted by Gasteiger charge is -2.36. The summed E-state index contributed by atoms with van der Waals surface area (Å²) in [6.45, 7) is 6.00. The van der Waals surface area contributed by atoms with Crippen molar-refractivity contribution in [1.82, 2.24) is 0 Å². The van der Waals surface area contributed by atoms with Crippen molar-refractivity contribution in [2.45, 2.75) is 51.1 Å². The van der Waals surface area contributed by atoms with Crippen molar-refractivity contribution >= 4 is 7.26 Å². The van der Waals surface area contributed by atoms with Gasteiger partial charge in [-0.3, -0.25) is 0 Å². The van der Waals surface area contributed by atoms with Crippen LogP contribution in [0.5, 0.6) is 0 Å². The smallest absolute Gasteiger partial charge is 0.169 e. The van der Waals surface area contributed by atoms with Gasteiger partial charge >= 0.3 is 0 Å². The summed E-state index contributed by atoms with van der Waals surface area (Å²) in [6, 6.07) is 0. The van der Waals surface area contributed by atoms with Gasteiger partial charge < -0.3 is 32.8 Å². The minimum absolute atomic E-state index is 0. The molecule has 4 unspecified atom stereocenters. The normalized spacial score (nSPS) is 24.0. The van der Waals surface area contributed by atoms with Crippen molar-refractivity contribution in [3.05, 3.63) is 0 Å². The van der Waals surface area contributed by atoms with Crippen molar-refractivity contribution in [2.24, 2.45) is 0 Å². The second-order valence-corrected chi connectivity index (χ2v) is 8.20. The van der Waals surface area contributed by atoms with Gasteiger partial charge in [-0.05, 0) is 27.7 Å². The van der Waals surface area contributed by atoms with Gasteiger partial charge in [0.1, 0.15) is 7.26 Å². The van der Waals surface area contributed by atoms with Crippen LogP contribution in [0.25, 0.3) is 0 Å². The topological polar surface area (TPSA) is 80.9 Å². The fourth-order valence-electron chi connectivity index (χ4n) is 1.87. The molecule has 0 radical (unpaired) electrons. The molecule has 0 aromatic rings. The number of hydrogen-bond acceptors (Lipinski definition) is 4. The third-order valence-corrected chi connectivity index (χ3v) is 7.77. The maximum atomic E-state index is 9.54. The van der Waals surface area contributed by atoms with Crippen LogP contribution in [0, 0.1) is 0 Å². The van der Waals surface area contributed by atoms with E-state index in [0.29, 0.717) is 0 Å². The molecule has 0 saturated heterocycles. The van der Waals surface area contributed by atoms with E-state index in [0.717, 1.165) is 0 Å². The summed E-state index contributed by atoms with van der Waals surface area (Å²) in [6.07, 6.45) is 0. The Morgan fingerprint density at radius 1 is 0.643 bits per heavy atom. The maximum Gasteiger partial charge on any atom is 0.169 e. The van der Waals surface area contributed by atoms with E-state index >= 15 is 0 Å². The Morgan fingerprint density at radius 2 is 0.786 bits per heavy atom. The molecule has 0 aliphatic heterocycles. The van der Waals surface area contributed by atoms with Gasteiger partial charge in [0.25, 0.3) is 0 Å². The monoisotopic (exact) mass is 246 g/mol. The second kappa shape index (κ2) is 6.21. The molecule has 0 bridgehead atoms. The third-order valence-electron chi connectivity index (χ3n) is 2.59. The maximum absolute atomic E-state index is 9.54. The van der Waals surface area contributed by atoms with E-state index in [-0.39, 0.29) is 12.4 Å². The average molecular weight is 247 g/mol. The lowest BCUT2D eigenvalue weighted by atomic mass is 10.8. The summed E-state index contributed by atoms with van der Waals surface area (Å²) >= 11 is 0. The van der Waals surface area contributed by atoms with Crippen LogP contribution in [0.4, 0.5) is 0 Å². The number of halogens is 1. The molecule has 4 N–H and O–H groups in total. The van der Waals surface area contributed by atoms with Crippen molar-refractivity contribution < 1.29 is 32.8 Å². The highest BCUT2D eigenvalue weighted by atomic mass is 35.5. The van der Waals surface area contributed by atoms with E-state index in [2.05, 4.69) is 0 Å². The van der Waals surface area contributed by atoms with Crippen LogP contribution in [0.1, 0.15) is 27.7 Å². The molecule has 0 spiro atoms. The molecule has 0 fully saturated rings. The van der Waals surface area contributed by atoms with Crippen LogP contribution in [0.15, 0.2) is 0 Å². The summed E-state index contributed by atoms with van der Waals surface area (Å²) in [4.78, 5) is 0. The van der Waals surface area contributed by atoms with E-state index < -0.39 is 30.6 Å². The molecule has 14 heavy (non-hydrogen) atoms. The quantitative estimate of drug-likeness (QED) is 0.409. The van der Waals surface area contributed by atoms with E-state index in [1.807, 2.05) is 0 Å². The second-order valence-electron chi connectivity index (χ2n) is 3.42. The highest BCUT2D eigenvalue weighted by Crippen LogP contribution is 2.70. The highest BCUT2D eigenvalue weighted by molar-refractivity contribution is 7.77. The Morgan fingerprint density at radius 3 is 0.786 bits per heavy atom. The molecule has 0 saturated carbocycles. The van der Waals surface area contributed by atoms with Crippen LogP contribution in [0.2, 0.25) is 0 Å². The molecule has 6 heteroatoms. The Hall–Kier alpha value is 0.560. The lowest BCUT2D eigenvalue weighted by Crippen LogP contribution is -3.00. The minimum Gasteiger partial charge on any atom is -1.00 e. The standard InChI is InChI=1S/C8H20O4P.ClH/c1-5(9)13(6(2)10,7(3)11)8(4)12;/h5-12H,1-4H3;1H/q+1;/p-1. The zero-order chi connectivity index (χ0) is 10.8. The molecule has 4 nitrogen and oxygen atoms in total. The molecule has 0 aliphatic rings. The van der Waals surface area contributed by atoms with Gasteiger partial charge in [-0.1, -0.05) is 0 Å². The van der Waals surface area contributed by atoms with E-state index in [9.17, 15) is 20.4 Å². The first kappa shape index (κ1) is 17.0. The van der Waals surface area contributed by atoms with E-state index in [1.54, 1.807) is 0 Å². The van der Waals surface area contributed by atoms with E-state index in [4.69, 9.17) is 0 Å². The average Bonchev–Trinajstić information content (AvgIpc) is 1.82. The van der Waals surface area contributed by atoms with Crippen LogP contribution in [0.3, 0.4) is 0 Å². The molecule has 0 rings (SSSR count). The van der Waals surface area contributed by atoms with Gasteiger partial charge in [0.15, 0.2) is 23.4 Å². The first-order chi connectivity index (χ1) is 5.77. The van der Waals surface area contributed by atoms with Gasteiger partial charge in [-0.15, -0.1) is 0 Å². The van der Waals surface area contributed by atoms with E-state index in [1.165, 1.54) is 27.7 Å². The zero-order valence-electron chi connectivity index (χ0n) is 8.92. The summed E-state index contributed by atoms with van der Waals surface area (Å²) in [5.41, 5.74) is 0. The summed E-state index contributed by atoms with van der Waals surface area (Å²) in [5, 5.41) is 38.2. The Balaban J connectivity index is 0. The predicted octanol–water partition coefficient (Wildman–Crippen LogP) is -2.64. The molecule has 88 valence electrons. The number of rotatable bonds is 4. The van der Waals surface area contributed by atoms with Crippen molar-refractivity contribution in [2.75, 3.05) is 0 Å². The molecular formula is C8H20ClO4P. The highest BCUT2D eigenvalue weighted by Gasteiger charge is 2.56. The molecule has 0 aromatic carbocycles. The van der Waals surface area contributed by atoms with Gasteiger partial charge in [-0.25, -0.2) is 0 Å². The van der Waals surface area contributed by atoms with Gasteiger partial charge in [0.05, 0.1) is 0 Å². The molecule has 0 aromatic heterocycles. The van der Waals surface area contributed by atoms with Crippen molar-refractivity contribution in [1.29, 1.82) is 0 Å². The SMILES string of the molecule is CC(O)[P+](C(C)O)(C(C)O)C(C)O.[Cl-]. The minimum atomic E-state index is -2.56. The first-order valence-electron chi connectivity index (χ1n) is 4.37. The summed E-state index contributed by atoms with van der Waals surface area (Å²) in [5.74, 6) is -3.47. The number of aliphatic hydroxyl groups excluding tert-OH is 4. The lowest BCUT2D eigenvalue weighted by molar-refractivity contribution is -0.0000107. The molecule has 0 heterocycles.